The van der Waals surface area contributed by atoms with Crippen LogP contribution in [0.25, 0.3) is 0 Å². The van der Waals surface area contributed by atoms with Crippen LogP contribution in [0.5, 0.6) is 0 Å². The van der Waals surface area contributed by atoms with Crippen LogP contribution in [0.15, 0.2) is 12.1 Å². The molecular formula is C10H15N3O. The predicted octanol–water partition coefficient (Wildman–Crippen LogP) is 0.856. The first kappa shape index (κ1) is 10.5. The van der Waals surface area contributed by atoms with Gasteiger partial charge >= 0.3 is 0 Å². The van der Waals surface area contributed by atoms with E-state index < -0.39 is 0 Å². The Labute approximate surface area is 83.7 Å². The van der Waals surface area contributed by atoms with E-state index in [9.17, 15) is 4.79 Å². The van der Waals surface area contributed by atoms with Crippen LogP contribution >= 0.6 is 0 Å². The molecule has 76 valence electrons. The number of hydrogen-bond acceptors (Lipinski definition) is 3. The van der Waals surface area contributed by atoms with E-state index in [0.29, 0.717) is 6.54 Å². The lowest BCUT2D eigenvalue weighted by Gasteiger charge is -2.06. The zero-order chi connectivity index (χ0) is 10.6. The average molecular weight is 193 g/mol. The van der Waals surface area contributed by atoms with E-state index in [2.05, 4.69) is 15.6 Å². The van der Waals surface area contributed by atoms with Crippen LogP contribution < -0.4 is 10.6 Å². The van der Waals surface area contributed by atoms with Crippen LogP contribution in [0.1, 0.15) is 11.4 Å². The van der Waals surface area contributed by atoms with Gasteiger partial charge in [0.05, 0.1) is 6.54 Å². The van der Waals surface area contributed by atoms with E-state index in [4.69, 9.17) is 0 Å². The maximum atomic E-state index is 11.0. The molecule has 4 heteroatoms. The van der Waals surface area contributed by atoms with Crippen molar-refractivity contribution in [2.45, 2.75) is 13.8 Å². The highest BCUT2D eigenvalue weighted by atomic mass is 16.1. The zero-order valence-electron chi connectivity index (χ0n) is 8.72. The first-order valence-electron chi connectivity index (χ1n) is 4.51. The summed E-state index contributed by atoms with van der Waals surface area (Å²) in [5.74, 6) is -0.0304. The summed E-state index contributed by atoms with van der Waals surface area (Å²) < 4.78 is 0. The fraction of sp³-hybridized carbons (Fsp3) is 0.400. The maximum Gasteiger partial charge on any atom is 0.239 e. The highest BCUT2D eigenvalue weighted by Crippen LogP contribution is 2.09. The van der Waals surface area contributed by atoms with E-state index in [1.807, 2.05) is 26.0 Å². The Balaban J connectivity index is 2.63. The number of carbonyl (C=O) groups is 1. The van der Waals surface area contributed by atoms with Gasteiger partial charge in [-0.3, -0.25) is 9.78 Å². The summed E-state index contributed by atoms with van der Waals surface area (Å²) in [6, 6.07) is 3.83. The molecule has 1 rings (SSSR count). The maximum absolute atomic E-state index is 11.0. The van der Waals surface area contributed by atoms with E-state index in [0.717, 1.165) is 17.1 Å². The molecule has 0 radical (unpaired) electrons. The summed E-state index contributed by atoms with van der Waals surface area (Å²) >= 11 is 0. The molecule has 1 aromatic rings. The third kappa shape index (κ3) is 3.05. The number of likely N-dealkylation sites (N-methyl/N-ethyl adjacent to an activating group) is 1. The van der Waals surface area contributed by atoms with Crippen LogP contribution in [0, 0.1) is 13.8 Å². The zero-order valence-corrected chi connectivity index (χ0v) is 8.72. The highest BCUT2D eigenvalue weighted by molar-refractivity contribution is 5.80. The van der Waals surface area contributed by atoms with Gasteiger partial charge in [0.25, 0.3) is 0 Å². The largest absolute Gasteiger partial charge is 0.376 e. The van der Waals surface area contributed by atoms with Crippen LogP contribution in [0.4, 0.5) is 5.69 Å². The lowest BCUT2D eigenvalue weighted by molar-refractivity contribution is -0.118. The summed E-state index contributed by atoms with van der Waals surface area (Å²) in [6.07, 6.45) is 0. The molecule has 0 bridgehead atoms. The number of pyridine rings is 1. The molecule has 0 saturated heterocycles. The van der Waals surface area contributed by atoms with Crippen molar-refractivity contribution in [3.05, 3.63) is 23.5 Å². The topological polar surface area (TPSA) is 54.0 Å². The van der Waals surface area contributed by atoms with Crippen molar-refractivity contribution in [3.8, 4) is 0 Å². The Bertz CT molecular complexity index is 316. The van der Waals surface area contributed by atoms with Crippen molar-refractivity contribution in [3.63, 3.8) is 0 Å². The van der Waals surface area contributed by atoms with Gasteiger partial charge in [-0.2, -0.15) is 0 Å². The molecule has 0 aliphatic rings. The third-order valence-electron chi connectivity index (χ3n) is 1.81. The number of aryl methyl sites for hydroxylation is 2. The first-order chi connectivity index (χ1) is 6.61. The number of nitrogens with zero attached hydrogens (tertiary/aromatic N) is 1. The Morgan fingerprint density at radius 2 is 1.93 bits per heavy atom. The monoisotopic (exact) mass is 193 g/mol. The molecule has 2 N–H and O–H groups in total. The number of hydrogen-bond donors (Lipinski definition) is 2. The molecule has 14 heavy (non-hydrogen) atoms. The van der Waals surface area contributed by atoms with Crippen LogP contribution in [-0.4, -0.2) is 24.5 Å². The van der Waals surface area contributed by atoms with E-state index in [-0.39, 0.29) is 5.91 Å². The second kappa shape index (κ2) is 4.60. The molecule has 0 saturated carbocycles. The van der Waals surface area contributed by atoms with Crippen molar-refractivity contribution < 1.29 is 4.79 Å². The Kier molecular flexibility index (Phi) is 3.45. The molecule has 1 amide bonds. The molecule has 1 aromatic heterocycles. The third-order valence-corrected chi connectivity index (χ3v) is 1.81. The molecule has 1 heterocycles. The number of rotatable bonds is 3. The summed E-state index contributed by atoms with van der Waals surface area (Å²) in [7, 11) is 1.62. The van der Waals surface area contributed by atoms with Crippen molar-refractivity contribution in [2.75, 3.05) is 18.9 Å². The first-order valence-corrected chi connectivity index (χ1v) is 4.51. The van der Waals surface area contributed by atoms with Crippen LogP contribution in [0.2, 0.25) is 0 Å². The minimum absolute atomic E-state index is 0.0304. The number of amides is 1. The average Bonchev–Trinajstić information content (AvgIpc) is 2.12. The second-order valence-corrected chi connectivity index (χ2v) is 3.17. The minimum atomic E-state index is -0.0304. The van der Waals surface area contributed by atoms with Crippen molar-refractivity contribution in [2.24, 2.45) is 0 Å². The standard InChI is InChI=1S/C10H15N3O/c1-7-4-9(5-8(2)13-7)12-6-10(14)11-3/h4-5H,6H2,1-3H3,(H,11,14)(H,12,13). The Morgan fingerprint density at radius 1 is 1.36 bits per heavy atom. The lowest BCUT2D eigenvalue weighted by Crippen LogP contribution is -2.26. The van der Waals surface area contributed by atoms with Gasteiger partial charge in [0, 0.05) is 24.1 Å². The van der Waals surface area contributed by atoms with E-state index >= 15 is 0 Å². The molecule has 0 fully saturated rings. The predicted molar refractivity (Wildman–Crippen MR) is 56.3 cm³/mol. The fourth-order valence-corrected chi connectivity index (χ4v) is 1.21. The quantitative estimate of drug-likeness (QED) is 0.748. The summed E-state index contributed by atoms with van der Waals surface area (Å²) in [4.78, 5) is 15.2. The summed E-state index contributed by atoms with van der Waals surface area (Å²) in [6.45, 7) is 4.15. The van der Waals surface area contributed by atoms with Gasteiger partial charge in [0.15, 0.2) is 0 Å². The van der Waals surface area contributed by atoms with Gasteiger partial charge in [0.1, 0.15) is 0 Å². The van der Waals surface area contributed by atoms with E-state index in [1.165, 1.54) is 0 Å². The van der Waals surface area contributed by atoms with Gasteiger partial charge < -0.3 is 10.6 Å². The SMILES string of the molecule is CNC(=O)CNc1cc(C)nc(C)c1. The Hall–Kier alpha value is -1.58. The highest BCUT2D eigenvalue weighted by Gasteiger charge is 1.99. The lowest BCUT2D eigenvalue weighted by atomic mass is 10.3. The summed E-state index contributed by atoms with van der Waals surface area (Å²) in [5, 5.41) is 5.57. The van der Waals surface area contributed by atoms with Crippen molar-refractivity contribution in [1.82, 2.24) is 10.3 Å². The normalized spacial score (nSPS) is 9.64. The molecule has 0 aliphatic carbocycles. The van der Waals surface area contributed by atoms with Gasteiger partial charge in [-0.15, -0.1) is 0 Å². The molecule has 0 atom stereocenters. The van der Waals surface area contributed by atoms with Gasteiger partial charge in [-0.05, 0) is 26.0 Å². The number of nitrogens with one attached hydrogen (secondary N) is 2. The molecule has 0 spiro atoms. The number of anilines is 1. The van der Waals surface area contributed by atoms with Crippen LogP contribution in [0.3, 0.4) is 0 Å². The fourth-order valence-electron chi connectivity index (χ4n) is 1.21. The van der Waals surface area contributed by atoms with Gasteiger partial charge in [0.2, 0.25) is 5.91 Å². The smallest absolute Gasteiger partial charge is 0.239 e. The van der Waals surface area contributed by atoms with Gasteiger partial charge in [-0.1, -0.05) is 0 Å². The van der Waals surface area contributed by atoms with Crippen LogP contribution in [-0.2, 0) is 4.79 Å². The molecular weight excluding hydrogens is 178 g/mol. The second-order valence-electron chi connectivity index (χ2n) is 3.17. The molecule has 0 unspecified atom stereocenters. The minimum Gasteiger partial charge on any atom is -0.376 e. The molecule has 4 nitrogen and oxygen atoms in total. The summed E-state index contributed by atoms with van der Waals surface area (Å²) in [5.41, 5.74) is 2.83. The molecule has 0 aromatic carbocycles. The van der Waals surface area contributed by atoms with E-state index in [1.54, 1.807) is 7.05 Å². The number of carbonyl (C=O) groups excluding carboxylic acids is 1. The number of aromatic nitrogens is 1. The van der Waals surface area contributed by atoms with Crippen molar-refractivity contribution >= 4 is 11.6 Å². The Morgan fingerprint density at radius 3 is 2.43 bits per heavy atom. The van der Waals surface area contributed by atoms with Crippen molar-refractivity contribution in [1.29, 1.82) is 0 Å². The van der Waals surface area contributed by atoms with Gasteiger partial charge in [-0.25, -0.2) is 0 Å². The molecule has 0 aliphatic heterocycles.